The lowest BCUT2D eigenvalue weighted by Gasteiger charge is -2.18. The molecule has 0 aliphatic heterocycles. The molecule has 0 aromatic heterocycles. The highest BCUT2D eigenvalue weighted by atomic mass is 16.6. The third-order valence-electron chi connectivity index (χ3n) is 9.76. The predicted molar refractivity (Wildman–Crippen MR) is 242 cm³/mol. The predicted octanol–water partition coefficient (Wildman–Crippen LogP) is 15.1. The maximum atomic E-state index is 12.7. The van der Waals surface area contributed by atoms with E-state index in [0.29, 0.717) is 19.3 Å². The minimum Gasteiger partial charge on any atom is -0.462 e. The molecule has 0 fully saturated rings. The van der Waals surface area contributed by atoms with Crippen LogP contribution in [0.5, 0.6) is 0 Å². The Balaban J connectivity index is 4.45. The van der Waals surface area contributed by atoms with Crippen LogP contribution in [0.3, 0.4) is 0 Å². The number of ether oxygens (including phenoxy) is 3. The van der Waals surface area contributed by atoms with Crippen LogP contribution in [0.4, 0.5) is 0 Å². The number of esters is 3. The summed E-state index contributed by atoms with van der Waals surface area (Å²) < 4.78 is 16.7. The first-order chi connectivity index (χ1) is 28.0. The van der Waals surface area contributed by atoms with Gasteiger partial charge in [-0.3, -0.25) is 14.4 Å². The van der Waals surface area contributed by atoms with Crippen molar-refractivity contribution in [3.63, 3.8) is 0 Å². The summed E-state index contributed by atoms with van der Waals surface area (Å²) in [5, 5.41) is 0. The summed E-state index contributed by atoms with van der Waals surface area (Å²) in [4.78, 5) is 37.8. The van der Waals surface area contributed by atoms with Crippen molar-refractivity contribution in [2.24, 2.45) is 0 Å². The van der Waals surface area contributed by atoms with E-state index in [0.717, 1.165) is 116 Å². The summed E-state index contributed by atoms with van der Waals surface area (Å²) in [6, 6.07) is 0. The number of carbonyl (C=O) groups is 3. The van der Waals surface area contributed by atoms with Gasteiger partial charge in [0.2, 0.25) is 0 Å². The Labute approximate surface area is 351 Å². The van der Waals surface area contributed by atoms with E-state index in [1.54, 1.807) is 0 Å². The van der Waals surface area contributed by atoms with Crippen LogP contribution in [0.25, 0.3) is 0 Å². The van der Waals surface area contributed by atoms with Gasteiger partial charge in [0.25, 0.3) is 0 Å². The third-order valence-corrected chi connectivity index (χ3v) is 9.76. The van der Waals surface area contributed by atoms with E-state index in [1.165, 1.54) is 57.8 Å². The van der Waals surface area contributed by atoms with Crippen molar-refractivity contribution in [3.05, 3.63) is 72.9 Å². The van der Waals surface area contributed by atoms with Crippen molar-refractivity contribution in [2.45, 2.75) is 219 Å². The van der Waals surface area contributed by atoms with Gasteiger partial charge in [0, 0.05) is 19.3 Å². The minimum atomic E-state index is -0.795. The summed E-state index contributed by atoms with van der Waals surface area (Å²) >= 11 is 0. The van der Waals surface area contributed by atoms with Gasteiger partial charge in [0.15, 0.2) is 6.10 Å². The Morgan fingerprint density at radius 1 is 0.368 bits per heavy atom. The number of hydrogen-bond donors (Lipinski definition) is 0. The first-order valence-corrected chi connectivity index (χ1v) is 23.5. The van der Waals surface area contributed by atoms with Gasteiger partial charge in [0.05, 0.1) is 0 Å². The molecule has 0 saturated heterocycles. The summed E-state index contributed by atoms with van der Waals surface area (Å²) in [5.41, 5.74) is 0. The molecule has 1 unspecified atom stereocenters. The molecule has 6 heteroatoms. The highest BCUT2D eigenvalue weighted by Crippen LogP contribution is 2.13. The van der Waals surface area contributed by atoms with E-state index >= 15 is 0 Å². The van der Waals surface area contributed by atoms with Crippen molar-refractivity contribution in [3.8, 4) is 0 Å². The first-order valence-electron chi connectivity index (χ1n) is 23.5. The van der Waals surface area contributed by atoms with Crippen LogP contribution in [0.1, 0.15) is 213 Å². The smallest absolute Gasteiger partial charge is 0.306 e. The molecule has 0 aromatic carbocycles. The van der Waals surface area contributed by atoms with Gasteiger partial charge in [-0.2, -0.15) is 0 Å². The zero-order chi connectivity index (χ0) is 41.5. The third kappa shape index (κ3) is 43.8. The summed E-state index contributed by atoms with van der Waals surface area (Å²) in [7, 11) is 0. The Morgan fingerprint density at radius 2 is 0.719 bits per heavy atom. The largest absolute Gasteiger partial charge is 0.462 e. The van der Waals surface area contributed by atoms with Crippen LogP contribution in [-0.2, 0) is 28.6 Å². The van der Waals surface area contributed by atoms with E-state index in [2.05, 4.69) is 69.4 Å². The summed E-state index contributed by atoms with van der Waals surface area (Å²) in [6.07, 6.45) is 56.0. The van der Waals surface area contributed by atoms with Gasteiger partial charge < -0.3 is 14.2 Å². The van der Waals surface area contributed by atoms with Crippen LogP contribution >= 0.6 is 0 Å². The lowest BCUT2D eigenvalue weighted by atomic mass is 10.1. The Hall–Kier alpha value is -3.15. The molecule has 0 rings (SSSR count). The number of unbranched alkanes of at least 4 members (excludes halogenated alkanes) is 21. The van der Waals surface area contributed by atoms with Gasteiger partial charge in [-0.25, -0.2) is 0 Å². The normalized spacial score (nSPS) is 12.7. The maximum absolute atomic E-state index is 12.7. The molecule has 0 saturated carbocycles. The first kappa shape index (κ1) is 53.9. The topological polar surface area (TPSA) is 78.9 Å². The van der Waals surface area contributed by atoms with Gasteiger partial charge in [0.1, 0.15) is 13.2 Å². The molecule has 0 aliphatic carbocycles. The summed E-state index contributed by atoms with van der Waals surface area (Å²) in [5.74, 6) is -0.953. The van der Waals surface area contributed by atoms with Crippen LogP contribution in [0, 0.1) is 0 Å². The second kappa shape index (κ2) is 45.6. The van der Waals surface area contributed by atoms with Crippen molar-refractivity contribution in [1.82, 2.24) is 0 Å². The SMILES string of the molecule is CC\C=C/C=C\C=C/C=C\CCCCCCCC(=O)OCC(COC(=O)CCCCCC/C=C\CCCC)OC(=O)CCCCC/C=C\CCCCCCCCC. The van der Waals surface area contributed by atoms with Gasteiger partial charge in [-0.05, 0) is 83.5 Å². The van der Waals surface area contributed by atoms with E-state index < -0.39 is 6.10 Å². The quantitative estimate of drug-likeness (QED) is 0.0202. The maximum Gasteiger partial charge on any atom is 0.306 e. The average molecular weight is 795 g/mol. The van der Waals surface area contributed by atoms with Gasteiger partial charge in [-0.15, -0.1) is 0 Å². The fourth-order valence-electron chi connectivity index (χ4n) is 6.19. The Bertz CT molecular complexity index is 1100. The molecular weight excluding hydrogens is 709 g/mol. The zero-order valence-corrected chi connectivity index (χ0v) is 37.1. The molecular formula is C51H86O6. The van der Waals surface area contributed by atoms with Crippen LogP contribution < -0.4 is 0 Å². The highest BCUT2D eigenvalue weighted by molar-refractivity contribution is 5.71. The molecule has 0 N–H and O–H groups in total. The number of allylic oxidation sites excluding steroid dienone is 12. The van der Waals surface area contributed by atoms with Crippen molar-refractivity contribution in [1.29, 1.82) is 0 Å². The van der Waals surface area contributed by atoms with Gasteiger partial charge >= 0.3 is 17.9 Å². The average Bonchev–Trinajstić information content (AvgIpc) is 3.21. The minimum absolute atomic E-state index is 0.0960. The summed E-state index contributed by atoms with van der Waals surface area (Å²) in [6.45, 7) is 6.39. The molecule has 0 aromatic rings. The fraction of sp³-hybridized carbons (Fsp3) is 0.706. The van der Waals surface area contributed by atoms with E-state index in [4.69, 9.17) is 14.2 Å². The van der Waals surface area contributed by atoms with Crippen LogP contribution in [-0.4, -0.2) is 37.2 Å². The zero-order valence-electron chi connectivity index (χ0n) is 37.1. The molecule has 0 radical (unpaired) electrons. The fourth-order valence-corrected chi connectivity index (χ4v) is 6.19. The molecule has 1 atom stereocenters. The van der Waals surface area contributed by atoms with Crippen molar-refractivity contribution in [2.75, 3.05) is 13.2 Å². The van der Waals surface area contributed by atoms with E-state index in [-0.39, 0.29) is 31.1 Å². The lowest BCUT2D eigenvalue weighted by Crippen LogP contribution is -2.30. The van der Waals surface area contributed by atoms with Crippen molar-refractivity contribution >= 4 is 17.9 Å². The molecule has 0 amide bonds. The monoisotopic (exact) mass is 795 g/mol. The molecule has 6 nitrogen and oxygen atoms in total. The number of rotatable bonds is 41. The number of hydrogen-bond acceptors (Lipinski definition) is 6. The van der Waals surface area contributed by atoms with Crippen LogP contribution in [0.15, 0.2) is 72.9 Å². The van der Waals surface area contributed by atoms with E-state index in [1.807, 2.05) is 24.3 Å². The molecule has 326 valence electrons. The molecule has 0 spiro atoms. The highest BCUT2D eigenvalue weighted by Gasteiger charge is 2.19. The molecule has 57 heavy (non-hydrogen) atoms. The Morgan fingerprint density at radius 3 is 1.19 bits per heavy atom. The van der Waals surface area contributed by atoms with Crippen LogP contribution in [0.2, 0.25) is 0 Å². The number of carbonyl (C=O) groups excluding carboxylic acids is 3. The standard InChI is InChI=1S/C51H86O6/c1-4-7-10-13-16-19-22-24-26-28-29-32-35-38-41-44-50(53)56-47-48(46-55-49(52)43-40-37-34-31-21-18-15-12-9-6-3)57-51(54)45-42-39-36-33-30-27-25-23-20-17-14-11-8-5-2/h7,10,13,15-16,18-19,22,24,26-27,30,48H,4-6,8-9,11-12,14,17,20-21,23,25,28-29,31-47H2,1-3H3/b10-7-,16-13-,18-15-,22-19-,26-24-,30-27-. The second-order valence-corrected chi connectivity index (χ2v) is 15.4. The van der Waals surface area contributed by atoms with Gasteiger partial charge in [-0.1, -0.05) is 184 Å². The molecule has 0 aliphatic rings. The second-order valence-electron chi connectivity index (χ2n) is 15.4. The molecule has 0 heterocycles. The van der Waals surface area contributed by atoms with E-state index in [9.17, 15) is 14.4 Å². The molecule has 0 bridgehead atoms. The Kier molecular flexibility index (Phi) is 43.0. The lowest BCUT2D eigenvalue weighted by molar-refractivity contribution is -0.167. The van der Waals surface area contributed by atoms with Crippen molar-refractivity contribution < 1.29 is 28.6 Å².